The number of methoxy groups -OCH3 is 1. The van der Waals surface area contributed by atoms with Gasteiger partial charge >= 0.3 is 6.09 Å². The van der Waals surface area contributed by atoms with Crippen LogP contribution in [0.1, 0.15) is 18.3 Å². The maximum Gasteiger partial charge on any atom is 0.411 e. The summed E-state index contributed by atoms with van der Waals surface area (Å²) in [6.45, 7) is 11.6. The number of carbonyl (C=O) groups excluding carboxylic acids is 1. The SMILES string of the molecule is C=CC[C@H](NC)c1nc(-c2ccc(NC(=O)OC)cc2[N+](=O)[O-])cn1COCC[Si](C)(C)C. The molecule has 0 aliphatic carbocycles. The Hall–Kier alpha value is -3.02. The lowest BCUT2D eigenvalue weighted by Gasteiger charge is -2.18. The van der Waals surface area contributed by atoms with Gasteiger partial charge in [0.15, 0.2) is 0 Å². The first kappa shape index (κ1) is 26.2. The van der Waals surface area contributed by atoms with Crippen molar-refractivity contribution in [2.24, 2.45) is 0 Å². The number of hydrogen-bond donors (Lipinski definition) is 2. The number of nitrogens with zero attached hydrogens (tertiary/aromatic N) is 3. The molecule has 1 aromatic heterocycles. The van der Waals surface area contributed by atoms with E-state index >= 15 is 0 Å². The number of nitrogens with one attached hydrogen (secondary N) is 2. The van der Waals surface area contributed by atoms with Crippen LogP contribution in [0, 0.1) is 10.1 Å². The van der Waals surface area contributed by atoms with Crippen LogP contribution >= 0.6 is 0 Å². The molecule has 11 heteroatoms. The average molecular weight is 476 g/mol. The number of nitro benzene ring substituents is 1. The molecule has 1 heterocycles. The van der Waals surface area contributed by atoms with Crippen LogP contribution in [0.25, 0.3) is 11.3 Å². The predicted octanol–water partition coefficient (Wildman–Crippen LogP) is 4.79. The Balaban J connectivity index is 2.42. The molecule has 0 aliphatic rings. The van der Waals surface area contributed by atoms with Crippen molar-refractivity contribution in [3.8, 4) is 11.3 Å². The van der Waals surface area contributed by atoms with E-state index in [1.54, 1.807) is 24.4 Å². The summed E-state index contributed by atoms with van der Waals surface area (Å²) in [5, 5.41) is 17.4. The fourth-order valence-corrected chi connectivity index (χ4v) is 3.90. The number of carbonyl (C=O) groups is 1. The minimum absolute atomic E-state index is 0.129. The van der Waals surface area contributed by atoms with Gasteiger partial charge in [0.2, 0.25) is 0 Å². The summed E-state index contributed by atoms with van der Waals surface area (Å²) < 4.78 is 12.3. The van der Waals surface area contributed by atoms with E-state index < -0.39 is 19.1 Å². The van der Waals surface area contributed by atoms with E-state index in [-0.39, 0.29) is 24.1 Å². The first-order valence-electron chi connectivity index (χ1n) is 10.7. The lowest BCUT2D eigenvalue weighted by molar-refractivity contribution is -0.384. The second kappa shape index (κ2) is 11.7. The maximum absolute atomic E-state index is 11.8. The molecule has 1 amide bonds. The topological polar surface area (TPSA) is 121 Å². The fourth-order valence-electron chi connectivity index (χ4n) is 3.15. The van der Waals surface area contributed by atoms with Gasteiger partial charge in [-0.2, -0.15) is 0 Å². The van der Waals surface area contributed by atoms with Gasteiger partial charge in [0.1, 0.15) is 12.6 Å². The van der Waals surface area contributed by atoms with E-state index in [4.69, 9.17) is 9.72 Å². The van der Waals surface area contributed by atoms with Gasteiger partial charge in [-0.15, -0.1) is 6.58 Å². The summed E-state index contributed by atoms with van der Waals surface area (Å²) in [4.78, 5) is 27.5. The molecule has 0 aliphatic heterocycles. The lowest BCUT2D eigenvalue weighted by Crippen LogP contribution is -2.23. The summed E-state index contributed by atoms with van der Waals surface area (Å²) in [5.41, 5.74) is 0.862. The van der Waals surface area contributed by atoms with E-state index in [1.807, 2.05) is 11.6 Å². The van der Waals surface area contributed by atoms with Gasteiger partial charge in [0.25, 0.3) is 5.69 Å². The molecule has 0 spiro atoms. The lowest BCUT2D eigenvalue weighted by atomic mass is 10.1. The number of rotatable bonds is 12. The van der Waals surface area contributed by atoms with E-state index in [1.165, 1.54) is 13.2 Å². The summed E-state index contributed by atoms with van der Waals surface area (Å²) in [6, 6.07) is 5.33. The van der Waals surface area contributed by atoms with Crippen LogP contribution in [0.5, 0.6) is 0 Å². The predicted molar refractivity (Wildman–Crippen MR) is 131 cm³/mol. The van der Waals surface area contributed by atoms with Gasteiger partial charge in [0.05, 0.1) is 35.0 Å². The van der Waals surface area contributed by atoms with Crippen LogP contribution < -0.4 is 10.6 Å². The monoisotopic (exact) mass is 475 g/mol. The van der Waals surface area contributed by atoms with Gasteiger partial charge in [-0.05, 0) is 31.6 Å². The minimum Gasteiger partial charge on any atom is -0.453 e. The largest absolute Gasteiger partial charge is 0.453 e. The Labute approximate surface area is 195 Å². The zero-order valence-corrected chi connectivity index (χ0v) is 20.9. The van der Waals surface area contributed by atoms with Crippen molar-refractivity contribution in [1.82, 2.24) is 14.9 Å². The number of amides is 1. The first-order valence-corrected chi connectivity index (χ1v) is 14.4. The van der Waals surface area contributed by atoms with Gasteiger partial charge in [0, 0.05) is 26.9 Å². The van der Waals surface area contributed by atoms with Crippen molar-refractivity contribution in [3.05, 3.63) is 53.0 Å². The highest BCUT2D eigenvalue weighted by Crippen LogP contribution is 2.33. The number of ether oxygens (including phenoxy) is 2. The van der Waals surface area contributed by atoms with Gasteiger partial charge < -0.3 is 19.4 Å². The number of benzene rings is 1. The molecule has 1 aromatic carbocycles. The first-order chi connectivity index (χ1) is 15.6. The fraction of sp³-hybridized carbons (Fsp3) is 0.455. The second-order valence-corrected chi connectivity index (χ2v) is 14.4. The number of aromatic nitrogens is 2. The number of imidazole rings is 1. The quantitative estimate of drug-likeness (QED) is 0.149. The van der Waals surface area contributed by atoms with E-state index in [0.29, 0.717) is 30.1 Å². The molecule has 2 aromatic rings. The zero-order chi connectivity index (χ0) is 24.6. The van der Waals surface area contributed by atoms with Crippen molar-refractivity contribution >= 4 is 25.5 Å². The molecular weight excluding hydrogens is 442 g/mol. The van der Waals surface area contributed by atoms with Gasteiger partial charge in [-0.3, -0.25) is 15.4 Å². The van der Waals surface area contributed by atoms with E-state index in [0.717, 1.165) is 6.04 Å². The third-order valence-electron chi connectivity index (χ3n) is 5.00. The second-order valence-electron chi connectivity index (χ2n) is 8.77. The van der Waals surface area contributed by atoms with Gasteiger partial charge in [-0.25, -0.2) is 9.78 Å². The molecule has 0 unspecified atom stereocenters. The summed E-state index contributed by atoms with van der Waals surface area (Å²) in [6.07, 6.45) is 3.47. The van der Waals surface area contributed by atoms with Crippen molar-refractivity contribution in [2.75, 3.05) is 26.1 Å². The molecule has 2 rings (SSSR count). The number of hydrogen-bond acceptors (Lipinski definition) is 7. The molecule has 2 N–H and O–H groups in total. The van der Waals surface area contributed by atoms with Crippen LogP contribution in [0.2, 0.25) is 25.7 Å². The Kier molecular flexibility index (Phi) is 9.32. The average Bonchev–Trinajstić information content (AvgIpc) is 3.17. The molecule has 0 bridgehead atoms. The van der Waals surface area contributed by atoms with Crippen molar-refractivity contribution in [2.45, 2.75) is 44.9 Å². The Morgan fingerprint density at radius 1 is 1.39 bits per heavy atom. The van der Waals surface area contributed by atoms with Crippen LogP contribution in [-0.4, -0.2) is 49.4 Å². The molecule has 0 saturated carbocycles. The van der Waals surface area contributed by atoms with E-state index in [2.05, 4.69) is 41.6 Å². The maximum atomic E-state index is 11.8. The number of anilines is 1. The summed E-state index contributed by atoms with van der Waals surface area (Å²) >= 11 is 0. The normalized spacial score (nSPS) is 12.3. The highest BCUT2D eigenvalue weighted by atomic mass is 28.3. The molecule has 0 saturated heterocycles. The Morgan fingerprint density at radius 2 is 2.12 bits per heavy atom. The van der Waals surface area contributed by atoms with Crippen LogP contribution in [0.4, 0.5) is 16.2 Å². The van der Waals surface area contributed by atoms with Crippen LogP contribution in [-0.2, 0) is 16.2 Å². The molecule has 10 nitrogen and oxygen atoms in total. The van der Waals surface area contributed by atoms with Crippen molar-refractivity contribution in [3.63, 3.8) is 0 Å². The summed E-state index contributed by atoms with van der Waals surface area (Å²) in [7, 11) is 1.82. The summed E-state index contributed by atoms with van der Waals surface area (Å²) in [5.74, 6) is 0.700. The van der Waals surface area contributed by atoms with Crippen LogP contribution in [0.15, 0.2) is 37.1 Å². The van der Waals surface area contributed by atoms with Gasteiger partial charge in [-0.1, -0.05) is 25.7 Å². The molecule has 0 fully saturated rings. The third kappa shape index (κ3) is 7.51. The molecule has 33 heavy (non-hydrogen) atoms. The highest BCUT2D eigenvalue weighted by molar-refractivity contribution is 6.76. The molecule has 0 radical (unpaired) electrons. The van der Waals surface area contributed by atoms with E-state index in [9.17, 15) is 14.9 Å². The Morgan fingerprint density at radius 3 is 2.70 bits per heavy atom. The zero-order valence-electron chi connectivity index (χ0n) is 19.9. The number of nitro groups is 1. The minimum atomic E-state index is -1.23. The molecule has 180 valence electrons. The third-order valence-corrected chi connectivity index (χ3v) is 6.70. The standard InChI is InChI=1S/C22H33N5O5Si/c1-7-8-18(23-2)21-25-19(14-26(21)15-32-11-12-33(4,5)6)17-10-9-16(24-22(28)31-3)13-20(17)27(29)30/h7,9-10,13-14,18,23H,1,8,11-12,15H2,2-6H3,(H,24,28)/t18-/m0/s1. The smallest absolute Gasteiger partial charge is 0.411 e. The highest BCUT2D eigenvalue weighted by Gasteiger charge is 2.23. The van der Waals surface area contributed by atoms with Crippen molar-refractivity contribution < 1.29 is 19.2 Å². The Bertz CT molecular complexity index is 986. The molecular formula is C22H33N5O5Si. The van der Waals surface area contributed by atoms with Crippen LogP contribution in [0.3, 0.4) is 0 Å². The molecule has 1 atom stereocenters. The van der Waals surface area contributed by atoms with Crippen molar-refractivity contribution in [1.29, 1.82) is 0 Å².